The third-order valence-corrected chi connectivity index (χ3v) is 7.21. The van der Waals surface area contributed by atoms with Gasteiger partial charge >= 0.3 is 0 Å². The molecular formula is C22H31NO2. The number of benzene rings is 1. The zero-order chi connectivity index (χ0) is 17.6. The molecule has 0 saturated heterocycles. The van der Waals surface area contributed by atoms with E-state index < -0.39 is 0 Å². The molecule has 4 rings (SSSR count). The van der Waals surface area contributed by atoms with E-state index in [1.165, 1.54) is 24.0 Å². The van der Waals surface area contributed by atoms with Gasteiger partial charge in [0.25, 0.3) is 0 Å². The third kappa shape index (κ3) is 2.91. The molecule has 0 spiro atoms. The summed E-state index contributed by atoms with van der Waals surface area (Å²) in [5.74, 6) is 3.52. The van der Waals surface area contributed by atoms with Crippen LogP contribution in [0.15, 0.2) is 18.2 Å². The monoisotopic (exact) mass is 341 g/mol. The van der Waals surface area contributed by atoms with Crippen LogP contribution in [0, 0.1) is 17.3 Å². The van der Waals surface area contributed by atoms with Gasteiger partial charge in [0.15, 0.2) is 0 Å². The number of ketones is 1. The summed E-state index contributed by atoms with van der Waals surface area (Å²) in [4.78, 5) is 14.6. The number of likely N-dealkylation sites (N-methyl/N-ethyl adjacent to an activating group) is 1. The molecular weight excluding hydrogens is 310 g/mol. The average molecular weight is 341 g/mol. The first-order chi connectivity index (χ1) is 12.0. The van der Waals surface area contributed by atoms with Gasteiger partial charge in [-0.1, -0.05) is 13.0 Å². The van der Waals surface area contributed by atoms with Gasteiger partial charge in [0.2, 0.25) is 0 Å². The number of nitrogens with zero attached hydrogens (tertiary/aromatic N) is 1. The van der Waals surface area contributed by atoms with Crippen LogP contribution in [0.5, 0.6) is 5.75 Å². The van der Waals surface area contributed by atoms with Crippen LogP contribution in [-0.2, 0) is 11.2 Å². The highest BCUT2D eigenvalue weighted by atomic mass is 16.5. The van der Waals surface area contributed by atoms with Crippen LogP contribution in [0.3, 0.4) is 0 Å². The van der Waals surface area contributed by atoms with Crippen LogP contribution in [0.1, 0.15) is 56.1 Å². The SMILES string of the molecule is CN(C)CCOc1ccc2c(c1)CC[C@@H]1[C@H]3CCC(=O)[C@]3(C)CC[C@@H]21. The van der Waals surface area contributed by atoms with Gasteiger partial charge in [-0.05, 0) is 87.2 Å². The Labute approximate surface area is 151 Å². The second kappa shape index (κ2) is 6.42. The topological polar surface area (TPSA) is 29.5 Å². The summed E-state index contributed by atoms with van der Waals surface area (Å²) in [7, 11) is 4.14. The van der Waals surface area contributed by atoms with Crippen LogP contribution < -0.4 is 4.74 Å². The van der Waals surface area contributed by atoms with Gasteiger partial charge in [-0.2, -0.15) is 0 Å². The van der Waals surface area contributed by atoms with E-state index >= 15 is 0 Å². The fourth-order valence-corrected chi connectivity index (χ4v) is 5.77. The molecule has 3 heteroatoms. The van der Waals surface area contributed by atoms with Crippen molar-refractivity contribution in [3.63, 3.8) is 0 Å². The fourth-order valence-electron chi connectivity index (χ4n) is 5.77. The molecule has 0 amide bonds. The minimum Gasteiger partial charge on any atom is -0.492 e. The summed E-state index contributed by atoms with van der Waals surface area (Å²) < 4.78 is 5.93. The first-order valence-corrected chi connectivity index (χ1v) is 9.93. The maximum Gasteiger partial charge on any atom is 0.139 e. The molecule has 136 valence electrons. The summed E-state index contributed by atoms with van der Waals surface area (Å²) in [6, 6.07) is 6.75. The van der Waals surface area contributed by atoms with Crippen LogP contribution in [0.2, 0.25) is 0 Å². The lowest BCUT2D eigenvalue weighted by Crippen LogP contribution is -2.42. The Bertz CT molecular complexity index is 668. The standard InChI is InChI=1S/C22H31NO2/c1-22-11-10-18-17-7-5-16(25-13-12-23(2)3)14-15(17)4-6-19(18)20(22)8-9-21(22)24/h5,7,14,18-20H,4,6,8-13H2,1-3H3/t18-,19-,20+,22+/m0/s1. The highest BCUT2D eigenvalue weighted by Gasteiger charge is 2.54. The van der Waals surface area contributed by atoms with Gasteiger partial charge in [0.05, 0.1) is 0 Å². The van der Waals surface area contributed by atoms with Crippen molar-refractivity contribution in [1.82, 2.24) is 4.90 Å². The first kappa shape index (κ1) is 17.1. The van der Waals surface area contributed by atoms with Gasteiger partial charge in [0.1, 0.15) is 18.1 Å². The Morgan fingerprint density at radius 2 is 2.04 bits per heavy atom. The molecule has 3 aliphatic carbocycles. The second-order valence-corrected chi connectivity index (χ2v) is 8.85. The van der Waals surface area contributed by atoms with Gasteiger partial charge in [-0.15, -0.1) is 0 Å². The molecule has 0 heterocycles. The average Bonchev–Trinajstić information content (AvgIpc) is 2.89. The van der Waals surface area contributed by atoms with E-state index in [9.17, 15) is 4.79 Å². The molecule has 0 aromatic heterocycles. The highest BCUT2D eigenvalue weighted by molar-refractivity contribution is 5.87. The lowest BCUT2D eigenvalue weighted by atomic mass is 9.55. The largest absolute Gasteiger partial charge is 0.492 e. The molecule has 0 bridgehead atoms. The molecule has 3 aliphatic rings. The van der Waals surface area contributed by atoms with Gasteiger partial charge in [0, 0.05) is 18.4 Å². The van der Waals surface area contributed by atoms with Gasteiger partial charge in [-0.3, -0.25) is 4.79 Å². The minimum absolute atomic E-state index is 0.0199. The number of ether oxygens (including phenoxy) is 1. The molecule has 0 N–H and O–H groups in total. The van der Waals surface area contributed by atoms with Crippen molar-refractivity contribution in [2.24, 2.45) is 17.3 Å². The lowest BCUT2D eigenvalue weighted by Gasteiger charge is -2.48. The smallest absolute Gasteiger partial charge is 0.139 e. The van der Waals surface area contributed by atoms with Crippen LogP contribution in [0.25, 0.3) is 0 Å². The number of fused-ring (bicyclic) bond motifs is 5. The number of carbonyl (C=O) groups is 1. The van der Waals surface area contributed by atoms with E-state index in [2.05, 4.69) is 44.1 Å². The summed E-state index contributed by atoms with van der Waals surface area (Å²) in [5.41, 5.74) is 3.00. The number of rotatable bonds is 4. The Morgan fingerprint density at radius 1 is 1.20 bits per heavy atom. The van der Waals surface area contributed by atoms with Crippen molar-refractivity contribution < 1.29 is 9.53 Å². The van der Waals surface area contributed by atoms with Crippen LogP contribution >= 0.6 is 0 Å². The second-order valence-electron chi connectivity index (χ2n) is 8.85. The minimum atomic E-state index is -0.0199. The molecule has 2 saturated carbocycles. The van der Waals surface area contributed by atoms with E-state index in [0.29, 0.717) is 23.5 Å². The van der Waals surface area contributed by atoms with E-state index in [4.69, 9.17) is 4.74 Å². The lowest BCUT2D eigenvalue weighted by molar-refractivity contribution is -0.129. The molecule has 0 unspecified atom stereocenters. The van der Waals surface area contributed by atoms with E-state index in [0.717, 1.165) is 44.6 Å². The Kier molecular flexibility index (Phi) is 4.39. The number of Topliss-reactive ketones (excluding diaryl/α,β-unsaturated/α-hetero) is 1. The Balaban J connectivity index is 1.52. The first-order valence-electron chi connectivity index (χ1n) is 9.93. The fraction of sp³-hybridized carbons (Fsp3) is 0.682. The van der Waals surface area contributed by atoms with Crippen molar-refractivity contribution >= 4 is 5.78 Å². The van der Waals surface area contributed by atoms with E-state index in [1.807, 2.05) is 0 Å². The molecule has 3 nitrogen and oxygen atoms in total. The normalized spacial score (nSPS) is 33.8. The molecule has 0 aliphatic heterocycles. The van der Waals surface area contributed by atoms with E-state index in [-0.39, 0.29) is 5.41 Å². The highest BCUT2D eigenvalue weighted by Crippen LogP contribution is 2.59. The summed E-state index contributed by atoms with van der Waals surface area (Å²) >= 11 is 0. The molecule has 4 atom stereocenters. The Hall–Kier alpha value is -1.35. The molecule has 1 aromatic rings. The van der Waals surface area contributed by atoms with E-state index in [1.54, 1.807) is 0 Å². The van der Waals surface area contributed by atoms with Crippen LogP contribution in [-0.4, -0.2) is 37.9 Å². The quantitative estimate of drug-likeness (QED) is 0.827. The van der Waals surface area contributed by atoms with Crippen molar-refractivity contribution in [3.05, 3.63) is 29.3 Å². The Morgan fingerprint density at radius 3 is 2.84 bits per heavy atom. The molecule has 0 radical (unpaired) electrons. The summed E-state index contributed by atoms with van der Waals surface area (Å²) in [6.45, 7) is 3.93. The molecule has 1 aromatic carbocycles. The summed E-state index contributed by atoms with van der Waals surface area (Å²) in [6.07, 6.45) is 6.58. The number of hydrogen-bond donors (Lipinski definition) is 0. The van der Waals surface area contributed by atoms with Crippen molar-refractivity contribution in [3.8, 4) is 5.75 Å². The number of hydrogen-bond acceptors (Lipinski definition) is 3. The van der Waals surface area contributed by atoms with Crippen molar-refractivity contribution in [2.75, 3.05) is 27.2 Å². The maximum absolute atomic E-state index is 12.4. The molecule has 25 heavy (non-hydrogen) atoms. The number of carbonyl (C=O) groups excluding carboxylic acids is 1. The zero-order valence-electron chi connectivity index (χ0n) is 15.9. The number of aryl methyl sites for hydroxylation is 1. The predicted octanol–water partition coefficient (Wildman–Crippen LogP) is 4.05. The van der Waals surface area contributed by atoms with Crippen LogP contribution in [0.4, 0.5) is 0 Å². The zero-order valence-corrected chi connectivity index (χ0v) is 15.9. The molecule has 2 fully saturated rings. The van der Waals surface area contributed by atoms with Crippen molar-refractivity contribution in [2.45, 2.75) is 51.4 Å². The van der Waals surface area contributed by atoms with Gasteiger partial charge in [-0.25, -0.2) is 0 Å². The predicted molar refractivity (Wildman–Crippen MR) is 100 cm³/mol. The third-order valence-electron chi connectivity index (χ3n) is 7.21. The maximum atomic E-state index is 12.4. The van der Waals surface area contributed by atoms with Crippen molar-refractivity contribution in [1.29, 1.82) is 0 Å². The summed E-state index contributed by atoms with van der Waals surface area (Å²) in [5, 5.41) is 0. The van der Waals surface area contributed by atoms with Gasteiger partial charge < -0.3 is 9.64 Å².